The number of carbonyl (C=O) groups is 2. The van der Waals surface area contributed by atoms with Gasteiger partial charge in [0.1, 0.15) is 11.8 Å². The van der Waals surface area contributed by atoms with Crippen LogP contribution in [0, 0.1) is 11.3 Å². The molecular formula is C26H34N2O3. The fourth-order valence-corrected chi connectivity index (χ4v) is 5.11. The van der Waals surface area contributed by atoms with Crippen molar-refractivity contribution in [2.75, 3.05) is 13.1 Å². The largest absolute Gasteiger partial charge is 0.463 e. The van der Waals surface area contributed by atoms with Gasteiger partial charge in [0.05, 0.1) is 12.1 Å². The summed E-state index contributed by atoms with van der Waals surface area (Å²) in [6.07, 6.45) is 10.6. The Kier molecular flexibility index (Phi) is 6.33. The molecule has 0 aliphatic carbocycles. The molecule has 2 aliphatic heterocycles. The number of piperidine rings is 1. The van der Waals surface area contributed by atoms with E-state index in [9.17, 15) is 9.59 Å². The quantitative estimate of drug-likeness (QED) is 0.640. The first-order valence-electron chi connectivity index (χ1n) is 11.5. The van der Waals surface area contributed by atoms with Crippen molar-refractivity contribution in [1.29, 1.82) is 0 Å². The normalized spacial score (nSPS) is 24.2. The van der Waals surface area contributed by atoms with Gasteiger partial charge in [-0.1, -0.05) is 51.1 Å². The molecule has 0 spiro atoms. The van der Waals surface area contributed by atoms with Crippen LogP contribution in [0.3, 0.4) is 0 Å². The van der Waals surface area contributed by atoms with E-state index in [2.05, 4.69) is 37.1 Å². The number of ketones is 1. The minimum absolute atomic E-state index is 0.0689. The number of nitrogens with one attached hydrogen (secondary N) is 1. The van der Waals surface area contributed by atoms with Crippen molar-refractivity contribution in [1.82, 2.24) is 10.2 Å². The van der Waals surface area contributed by atoms with Gasteiger partial charge < -0.3 is 9.73 Å². The highest BCUT2D eigenvalue weighted by Gasteiger charge is 2.41. The second-order valence-corrected chi connectivity index (χ2v) is 10.3. The molecular weight excluding hydrogens is 388 g/mol. The smallest absolute Gasteiger partial charge is 0.255 e. The van der Waals surface area contributed by atoms with Crippen molar-refractivity contribution in [3.05, 3.63) is 48.2 Å². The minimum atomic E-state index is -0.0689. The molecule has 0 saturated carbocycles. The minimum Gasteiger partial charge on any atom is -0.463 e. The van der Waals surface area contributed by atoms with Crippen LogP contribution in [-0.2, 0) is 4.79 Å². The van der Waals surface area contributed by atoms with Gasteiger partial charge >= 0.3 is 0 Å². The summed E-state index contributed by atoms with van der Waals surface area (Å²) in [7, 11) is 0. The third kappa shape index (κ3) is 5.27. The second kappa shape index (κ2) is 8.99. The van der Waals surface area contributed by atoms with Gasteiger partial charge in [-0.05, 0) is 43.1 Å². The molecule has 2 bridgehead atoms. The molecule has 3 atom stereocenters. The Morgan fingerprint density at radius 1 is 1.16 bits per heavy atom. The van der Waals surface area contributed by atoms with Crippen molar-refractivity contribution in [3.63, 3.8) is 0 Å². The zero-order valence-electron chi connectivity index (χ0n) is 18.9. The van der Waals surface area contributed by atoms with Gasteiger partial charge in [-0.15, -0.1) is 0 Å². The van der Waals surface area contributed by atoms with Crippen LogP contribution in [0.1, 0.15) is 63.2 Å². The van der Waals surface area contributed by atoms with Gasteiger partial charge in [0.2, 0.25) is 0 Å². The molecule has 2 saturated heterocycles. The van der Waals surface area contributed by atoms with Crippen molar-refractivity contribution in [2.45, 2.75) is 65.0 Å². The molecule has 1 amide bonds. The third-order valence-electron chi connectivity index (χ3n) is 6.58. The van der Waals surface area contributed by atoms with E-state index in [1.165, 1.54) is 0 Å². The molecule has 1 aromatic carbocycles. The number of Topliss-reactive ketones (excluding diaryl/α,β-unsaturated/α-hetero) is 1. The number of para-hydroxylation sites is 1. The lowest BCUT2D eigenvalue weighted by Crippen LogP contribution is -2.47. The van der Waals surface area contributed by atoms with Gasteiger partial charge in [0, 0.05) is 30.4 Å². The monoisotopic (exact) mass is 422 g/mol. The van der Waals surface area contributed by atoms with Gasteiger partial charge in [-0.2, -0.15) is 0 Å². The summed E-state index contributed by atoms with van der Waals surface area (Å²) < 4.78 is 5.50. The molecule has 1 aromatic heterocycles. The number of hydrogen-bond acceptors (Lipinski definition) is 4. The summed E-state index contributed by atoms with van der Waals surface area (Å²) in [4.78, 5) is 27.6. The number of hydrogen-bond donors (Lipinski definition) is 1. The van der Waals surface area contributed by atoms with E-state index in [4.69, 9.17) is 4.42 Å². The Labute approximate surface area is 184 Å². The summed E-state index contributed by atoms with van der Waals surface area (Å²) in [5.74, 6) is 0.697. The van der Waals surface area contributed by atoms with Gasteiger partial charge in [-0.3, -0.25) is 14.5 Å². The molecule has 31 heavy (non-hydrogen) atoms. The van der Waals surface area contributed by atoms with E-state index in [0.29, 0.717) is 48.9 Å². The number of nitrogens with zero attached hydrogens (tertiary/aromatic N) is 1. The highest BCUT2D eigenvalue weighted by Crippen LogP contribution is 2.38. The first-order chi connectivity index (χ1) is 14.8. The standard InChI is InChI=1S/C26H34N2O3/c1-26(2,3)12-6-7-21(29)16-28-19-10-11-20(28)14-18(13-19)15-27-25(30)23-17-31-24-9-5-4-8-22(23)24/h4-6,8-9,12,17-20H,7,10-11,13-16H2,1-3H3,(H,27,30)/b12-6+/t18?,19-,20+. The molecule has 1 unspecified atom stereocenters. The first-order valence-corrected chi connectivity index (χ1v) is 11.5. The molecule has 4 rings (SSSR count). The lowest BCUT2D eigenvalue weighted by atomic mass is 9.90. The van der Waals surface area contributed by atoms with Crippen molar-refractivity contribution in [3.8, 4) is 0 Å². The Balaban J connectivity index is 1.28. The summed E-state index contributed by atoms with van der Waals surface area (Å²) in [5, 5.41) is 3.98. The molecule has 3 heterocycles. The third-order valence-corrected chi connectivity index (χ3v) is 6.58. The van der Waals surface area contributed by atoms with Crippen LogP contribution >= 0.6 is 0 Å². The van der Waals surface area contributed by atoms with E-state index in [0.717, 1.165) is 36.7 Å². The number of amides is 1. The van der Waals surface area contributed by atoms with Crippen LogP contribution in [0.5, 0.6) is 0 Å². The van der Waals surface area contributed by atoms with Crippen LogP contribution in [0.25, 0.3) is 11.0 Å². The molecule has 166 valence electrons. The Bertz CT molecular complexity index is 954. The predicted octanol–water partition coefficient (Wildman–Crippen LogP) is 4.97. The van der Waals surface area contributed by atoms with Gasteiger partial charge in [0.25, 0.3) is 5.91 Å². The SMILES string of the molecule is CC(C)(C)/C=C/CC(=O)CN1[C@@H]2CC[C@H]1CC(CNC(=O)c1coc3ccccc13)C2. The number of allylic oxidation sites excluding steroid dienone is 2. The van der Waals surface area contributed by atoms with Crippen LogP contribution in [-0.4, -0.2) is 41.8 Å². The number of benzene rings is 1. The zero-order valence-corrected chi connectivity index (χ0v) is 18.9. The van der Waals surface area contributed by atoms with Gasteiger partial charge in [0.15, 0.2) is 5.78 Å². The predicted molar refractivity (Wildman–Crippen MR) is 123 cm³/mol. The number of carbonyl (C=O) groups excluding carboxylic acids is 2. The summed E-state index contributed by atoms with van der Waals surface area (Å²) in [6, 6.07) is 8.54. The summed E-state index contributed by atoms with van der Waals surface area (Å²) in [6.45, 7) is 7.68. The van der Waals surface area contributed by atoms with Crippen LogP contribution in [0.15, 0.2) is 47.1 Å². The Morgan fingerprint density at radius 3 is 2.58 bits per heavy atom. The fourth-order valence-electron chi connectivity index (χ4n) is 5.11. The number of rotatable bonds is 7. The number of furan rings is 1. The molecule has 2 aliphatic rings. The fraction of sp³-hybridized carbons (Fsp3) is 0.538. The van der Waals surface area contributed by atoms with E-state index in [1.807, 2.05) is 30.3 Å². The lowest BCUT2D eigenvalue weighted by Gasteiger charge is -2.38. The van der Waals surface area contributed by atoms with E-state index < -0.39 is 0 Å². The maximum atomic E-state index is 12.7. The highest BCUT2D eigenvalue weighted by molar-refractivity contribution is 6.05. The summed E-state index contributed by atoms with van der Waals surface area (Å²) in [5.41, 5.74) is 1.45. The van der Waals surface area contributed by atoms with E-state index in [1.54, 1.807) is 6.26 Å². The molecule has 5 heteroatoms. The maximum Gasteiger partial charge on any atom is 0.255 e. The Morgan fingerprint density at radius 2 is 1.87 bits per heavy atom. The Hall–Kier alpha value is -2.40. The molecule has 2 aromatic rings. The highest BCUT2D eigenvalue weighted by atomic mass is 16.3. The second-order valence-electron chi connectivity index (χ2n) is 10.3. The van der Waals surface area contributed by atoms with Gasteiger partial charge in [-0.25, -0.2) is 0 Å². The molecule has 2 fully saturated rings. The topological polar surface area (TPSA) is 62.6 Å². The lowest BCUT2D eigenvalue weighted by molar-refractivity contribution is -0.120. The average molecular weight is 423 g/mol. The zero-order chi connectivity index (χ0) is 22.0. The molecule has 1 N–H and O–H groups in total. The first kappa shape index (κ1) is 21.8. The number of fused-ring (bicyclic) bond motifs is 3. The van der Waals surface area contributed by atoms with Crippen LogP contribution in [0.4, 0.5) is 0 Å². The van der Waals surface area contributed by atoms with Crippen LogP contribution < -0.4 is 5.32 Å². The average Bonchev–Trinajstić information content (AvgIpc) is 3.23. The molecule has 5 nitrogen and oxygen atoms in total. The van der Waals surface area contributed by atoms with E-state index >= 15 is 0 Å². The van der Waals surface area contributed by atoms with E-state index in [-0.39, 0.29) is 11.3 Å². The van der Waals surface area contributed by atoms with Crippen molar-refractivity contribution >= 4 is 22.7 Å². The van der Waals surface area contributed by atoms with Crippen molar-refractivity contribution in [2.24, 2.45) is 11.3 Å². The van der Waals surface area contributed by atoms with Crippen molar-refractivity contribution < 1.29 is 14.0 Å². The van der Waals surface area contributed by atoms with Crippen LogP contribution in [0.2, 0.25) is 0 Å². The maximum absolute atomic E-state index is 12.7. The summed E-state index contributed by atoms with van der Waals surface area (Å²) >= 11 is 0. The molecule has 0 radical (unpaired) electrons.